The largest absolute Gasteiger partial charge is 0.353 e. The molecule has 2 aliphatic rings. The molecule has 1 aliphatic carbocycles. The highest BCUT2D eigenvalue weighted by atomic mass is 15.1. The molecule has 0 spiro atoms. The van der Waals surface area contributed by atoms with Crippen LogP contribution in [0.1, 0.15) is 25.0 Å². The minimum Gasteiger partial charge on any atom is -0.353 e. The summed E-state index contributed by atoms with van der Waals surface area (Å²) in [6.45, 7) is 12.8. The molecule has 0 N–H and O–H groups in total. The second-order valence-electron chi connectivity index (χ2n) is 6.63. The first-order chi connectivity index (χ1) is 10.9. The van der Waals surface area contributed by atoms with Gasteiger partial charge in [0.15, 0.2) is 0 Å². The lowest BCUT2D eigenvalue weighted by Gasteiger charge is -2.30. The van der Waals surface area contributed by atoms with Gasteiger partial charge in [-0.05, 0) is 28.3 Å². The molecule has 1 nitrogen and oxygen atoms in total. The molecule has 0 saturated heterocycles. The molecule has 1 aromatic rings. The van der Waals surface area contributed by atoms with Crippen molar-refractivity contribution in [2.45, 2.75) is 19.3 Å². The normalized spacial score (nSPS) is 23.9. The van der Waals surface area contributed by atoms with Crippen LogP contribution < -0.4 is 0 Å². The first kappa shape index (κ1) is 15.4. The van der Waals surface area contributed by atoms with Gasteiger partial charge in [0.25, 0.3) is 0 Å². The van der Waals surface area contributed by atoms with E-state index in [0.717, 1.165) is 11.1 Å². The first-order valence-electron chi connectivity index (χ1n) is 7.91. The van der Waals surface area contributed by atoms with Crippen molar-refractivity contribution < 1.29 is 0 Å². The molecule has 1 aromatic carbocycles. The van der Waals surface area contributed by atoms with Gasteiger partial charge in [-0.1, -0.05) is 75.6 Å². The van der Waals surface area contributed by atoms with Crippen LogP contribution in [0.15, 0.2) is 90.8 Å². The average molecular weight is 301 g/mol. The predicted octanol–water partition coefficient (Wildman–Crippen LogP) is 5.37. The number of nitrogens with zero attached hydrogens (tertiary/aromatic N) is 1. The van der Waals surface area contributed by atoms with E-state index in [1.807, 2.05) is 18.2 Å². The Bertz CT molecular complexity index is 797. The van der Waals surface area contributed by atoms with Gasteiger partial charge in [0.2, 0.25) is 0 Å². The highest BCUT2D eigenvalue weighted by Gasteiger charge is 2.38. The number of rotatable bonds is 0. The standard InChI is InChI=1S/C22H23N/c1-16-10-8-9-15-23(5)21-19(14-13-17(16)2)18-11-6-7-12-20(18)22(21,3)4/h6-15H,1-2H2,3-5H3/b10-8-,14-13-,15-9-. The molecule has 0 unspecified atom stereocenters. The third-order valence-corrected chi connectivity index (χ3v) is 4.67. The van der Waals surface area contributed by atoms with Crippen LogP contribution in [0, 0.1) is 0 Å². The van der Waals surface area contributed by atoms with E-state index in [2.05, 4.69) is 81.6 Å². The number of hydrogen-bond donors (Lipinski definition) is 0. The molecule has 23 heavy (non-hydrogen) atoms. The van der Waals surface area contributed by atoms with Gasteiger partial charge in [-0.25, -0.2) is 0 Å². The molecule has 0 bridgehead atoms. The molecule has 1 heteroatoms. The maximum Gasteiger partial charge on any atom is 0.0352 e. The SMILES string of the molecule is C=C1/C=C\C=C/N(C)C2=C(/C=C\C1=C)c1ccccc1C2(C)C. The van der Waals surface area contributed by atoms with E-state index in [1.165, 1.54) is 22.4 Å². The molecule has 0 saturated carbocycles. The van der Waals surface area contributed by atoms with Crippen molar-refractivity contribution in [3.63, 3.8) is 0 Å². The molecular weight excluding hydrogens is 278 g/mol. The summed E-state index contributed by atoms with van der Waals surface area (Å²) < 4.78 is 0. The highest BCUT2D eigenvalue weighted by molar-refractivity contribution is 5.86. The van der Waals surface area contributed by atoms with Gasteiger partial charge in [-0.2, -0.15) is 0 Å². The summed E-state index contributed by atoms with van der Waals surface area (Å²) in [4.78, 5) is 2.22. The Kier molecular flexibility index (Phi) is 3.73. The molecule has 116 valence electrons. The Balaban J connectivity index is 2.24. The minimum atomic E-state index is -0.0362. The molecule has 1 heterocycles. The topological polar surface area (TPSA) is 3.24 Å². The molecular formula is C22H23N. The summed E-state index contributed by atoms with van der Waals surface area (Å²) in [5, 5.41) is 0. The maximum absolute atomic E-state index is 4.13. The lowest BCUT2D eigenvalue weighted by molar-refractivity contribution is 0.452. The lowest BCUT2D eigenvalue weighted by atomic mass is 9.84. The average Bonchev–Trinajstić information content (AvgIpc) is 2.74. The van der Waals surface area contributed by atoms with Gasteiger partial charge in [0.05, 0.1) is 0 Å². The second kappa shape index (κ2) is 5.58. The van der Waals surface area contributed by atoms with Gasteiger partial charge in [-0.3, -0.25) is 0 Å². The fourth-order valence-corrected chi connectivity index (χ4v) is 3.48. The summed E-state index contributed by atoms with van der Waals surface area (Å²) in [6.07, 6.45) is 12.4. The fraction of sp³-hybridized carbons (Fsp3) is 0.182. The van der Waals surface area contributed by atoms with E-state index in [-0.39, 0.29) is 5.41 Å². The third kappa shape index (κ3) is 2.53. The van der Waals surface area contributed by atoms with E-state index in [1.54, 1.807) is 0 Å². The zero-order valence-electron chi connectivity index (χ0n) is 14.1. The van der Waals surface area contributed by atoms with E-state index < -0.39 is 0 Å². The van der Waals surface area contributed by atoms with Crippen LogP contribution in [0.4, 0.5) is 0 Å². The van der Waals surface area contributed by atoms with Gasteiger partial charge in [0.1, 0.15) is 0 Å². The van der Waals surface area contributed by atoms with E-state index in [9.17, 15) is 0 Å². The summed E-state index contributed by atoms with van der Waals surface area (Å²) in [5.41, 5.74) is 7.07. The van der Waals surface area contributed by atoms with Crippen LogP contribution in [0.2, 0.25) is 0 Å². The van der Waals surface area contributed by atoms with Crippen molar-refractivity contribution in [3.05, 3.63) is 102 Å². The molecule has 0 amide bonds. The number of hydrogen-bond acceptors (Lipinski definition) is 1. The zero-order chi connectivity index (χ0) is 16.6. The number of benzene rings is 1. The van der Waals surface area contributed by atoms with E-state index >= 15 is 0 Å². The first-order valence-corrected chi connectivity index (χ1v) is 7.91. The summed E-state index contributed by atoms with van der Waals surface area (Å²) in [7, 11) is 2.11. The van der Waals surface area contributed by atoms with E-state index in [0.29, 0.717) is 0 Å². The molecule has 0 fully saturated rings. The Morgan fingerprint density at radius 1 is 0.913 bits per heavy atom. The fourth-order valence-electron chi connectivity index (χ4n) is 3.48. The molecule has 1 aliphatic heterocycles. The summed E-state index contributed by atoms with van der Waals surface area (Å²) in [5.74, 6) is 0. The highest BCUT2D eigenvalue weighted by Crippen LogP contribution is 2.47. The van der Waals surface area contributed by atoms with Crippen LogP contribution >= 0.6 is 0 Å². The van der Waals surface area contributed by atoms with Crippen LogP contribution in [0.5, 0.6) is 0 Å². The van der Waals surface area contributed by atoms with Gasteiger partial charge in [0, 0.05) is 29.9 Å². The van der Waals surface area contributed by atoms with Crippen LogP contribution in [-0.2, 0) is 5.41 Å². The Hall–Kier alpha value is -2.54. The monoisotopic (exact) mass is 301 g/mol. The van der Waals surface area contributed by atoms with Crippen molar-refractivity contribution in [3.8, 4) is 0 Å². The number of fused-ring (bicyclic) bond motifs is 2. The second-order valence-corrected chi connectivity index (χ2v) is 6.63. The Labute approximate surface area is 139 Å². The smallest absolute Gasteiger partial charge is 0.0352 e. The minimum absolute atomic E-state index is 0.0362. The molecule has 0 aromatic heterocycles. The maximum atomic E-state index is 4.13. The molecule has 3 rings (SSSR count). The molecule has 0 radical (unpaired) electrons. The van der Waals surface area contributed by atoms with Crippen molar-refractivity contribution in [1.29, 1.82) is 0 Å². The predicted molar refractivity (Wildman–Crippen MR) is 99.9 cm³/mol. The van der Waals surface area contributed by atoms with Crippen molar-refractivity contribution in [1.82, 2.24) is 4.90 Å². The van der Waals surface area contributed by atoms with Crippen molar-refractivity contribution >= 4 is 5.57 Å². The molecule has 0 atom stereocenters. The number of allylic oxidation sites excluding steroid dienone is 9. The Morgan fingerprint density at radius 3 is 2.39 bits per heavy atom. The van der Waals surface area contributed by atoms with Crippen molar-refractivity contribution in [2.24, 2.45) is 0 Å². The quantitative estimate of drug-likeness (QED) is 0.622. The van der Waals surface area contributed by atoms with Crippen LogP contribution in [0.3, 0.4) is 0 Å². The van der Waals surface area contributed by atoms with Gasteiger partial charge >= 0.3 is 0 Å². The van der Waals surface area contributed by atoms with E-state index in [4.69, 9.17) is 0 Å². The van der Waals surface area contributed by atoms with Crippen LogP contribution in [0.25, 0.3) is 5.57 Å². The summed E-state index contributed by atoms with van der Waals surface area (Å²) in [6, 6.07) is 8.66. The zero-order valence-corrected chi connectivity index (χ0v) is 14.1. The van der Waals surface area contributed by atoms with Crippen LogP contribution in [-0.4, -0.2) is 11.9 Å². The third-order valence-electron chi connectivity index (χ3n) is 4.67. The number of likely N-dealkylation sites (N-methyl/N-ethyl adjacent to an activating group) is 1. The van der Waals surface area contributed by atoms with Gasteiger partial charge in [-0.15, -0.1) is 0 Å². The van der Waals surface area contributed by atoms with Gasteiger partial charge < -0.3 is 4.90 Å². The Morgan fingerprint density at radius 2 is 1.61 bits per heavy atom. The van der Waals surface area contributed by atoms with Crippen molar-refractivity contribution in [2.75, 3.05) is 7.05 Å². The summed E-state index contributed by atoms with van der Waals surface area (Å²) >= 11 is 0. The lowest BCUT2D eigenvalue weighted by Crippen LogP contribution is -2.26.